The van der Waals surface area contributed by atoms with Gasteiger partial charge in [-0.1, -0.05) is 37.6 Å². The van der Waals surface area contributed by atoms with Crippen LogP contribution in [0, 0.1) is 0 Å². The second-order valence-corrected chi connectivity index (χ2v) is 5.40. The molecule has 1 N–H and O–H groups in total. The number of nitrogens with zero attached hydrogens (tertiary/aromatic N) is 3. The molecule has 0 fully saturated rings. The van der Waals surface area contributed by atoms with Gasteiger partial charge in [-0.3, -0.25) is 0 Å². The third-order valence-electron chi connectivity index (χ3n) is 3.65. The van der Waals surface area contributed by atoms with Crippen molar-refractivity contribution in [3.05, 3.63) is 47.5 Å². The Kier molecular flexibility index (Phi) is 4.90. The molecule has 1 aromatic carbocycles. The molecule has 2 unspecified atom stereocenters. The highest BCUT2D eigenvalue weighted by Crippen LogP contribution is 2.18. The Morgan fingerprint density at radius 2 is 1.85 bits per heavy atom. The lowest BCUT2D eigenvalue weighted by Gasteiger charge is -2.20. The first-order valence-electron chi connectivity index (χ1n) is 7.30. The monoisotopic (exact) mass is 272 g/mol. The molecule has 0 aliphatic rings. The van der Waals surface area contributed by atoms with Crippen LogP contribution < -0.4 is 5.32 Å². The zero-order valence-corrected chi connectivity index (χ0v) is 12.8. The van der Waals surface area contributed by atoms with E-state index in [0.717, 1.165) is 12.2 Å². The molecule has 0 amide bonds. The smallest absolute Gasteiger partial charge is 0.149 e. The minimum Gasteiger partial charge on any atom is -0.319 e. The Balaban J connectivity index is 2.00. The van der Waals surface area contributed by atoms with Crippen LogP contribution in [-0.4, -0.2) is 14.8 Å². The summed E-state index contributed by atoms with van der Waals surface area (Å²) in [6, 6.07) is 9.34. The number of benzene rings is 1. The molecule has 0 bridgehead atoms. The molecule has 2 atom stereocenters. The normalized spacial score (nSPS) is 14.2. The Morgan fingerprint density at radius 1 is 1.15 bits per heavy atom. The molecule has 0 spiro atoms. The van der Waals surface area contributed by atoms with Crippen LogP contribution in [0.25, 0.3) is 0 Å². The van der Waals surface area contributed by atoms with Gasteiger partial charge in [0.15, 0.2) is 0 Å². The average Bonchev–Trinajstić information content (AvgIpc) is 2.86. The van der Waals surface area contributed by atoms with E-state index < -0.39 is 0 Å². The molecule has 2 aromatic rings. The van der Waals surface area contributed by atoms with E-state index in [0.29, 0.717) is 0 Å². The topological polar surface area (TPSA) is 42.7 Å². The number of aromatic nitrogens is 3. The van der Waals surface area contributed by atoms with Gasteiger partial charge in [0.25, 0.3) is 0 Å². The third-order valence-corrected chi connectivity index (χ3v) is 3.65. The van der Waals surface area contributed by atoms with Crippen LogP contribution in [0.15, 0.2) is 30.6 Å². The second-order valence-electron chi connectivity index (χ2n) is 5.40. The predicted octanol–water partition coefficient (Wildman–Crippen LogP) is 3.18. The third kappa shape index (κ3) is 3.45. The summed E-state index contributed by atoms with van der Waals surface area (Å²) in [6.45, 7) is 6.51. The maximum absolute atomic E-state index is 4.15. The number of hydrogen-bond acceptors (Lipinski definition) is 3. The Hall–Kier alpha value is -1.68. The van der Waals surface area contributed by atoms with Gasteiger partial charge in [0.2, 0.25) is 0 Å². The Bertz CT molecular complexity index is 530. The molecule has 4 nitrogen and oxygen atoms in total. The molecule has 0 saturated heterocycles. The van der Waals surface area contributed by atoms with E-state index in [1.54, 1.807) is 6.33 Å². The average molecular weight is 272 g/mol. The number of rotatable bonds is 6. The van der Waals surface area contributed by atoms with Gasteiger partial charge < -0.3 is 9.88 Å². The summed E-state index contributed by atoms with van der Waals surface area (Å²) in [5.41, 5.74) is 2.71. The fourth-order valence-corrected chi connectivity index (χ4v) is 2.49. The van der Waals surface area contributed by atoms with Gasteiger partial charge in [-0.05, 0) is 31.4 Å². The van der Waals surface area contributed by atoms with Crippen LogP contribution in [0.3, 0.4) is 0 Å². The van der Waals surface area contributed by atoms with E-state index in [2.05, 4.69) is 60.6 Å². The van der Waals surface area contributed by atoms with Crippen molar-refractivity contribution in [1.82, 2.24) is 20.1 Å². The summed E-state index contributed by atoms with van der Waals surface area (Å²) in [6.07, 6.45) is 4.07. The lowest BCUT2D eigenvalue weighted by atomic mass is 10.0. The highest BCUT2D eigenvalue weighted by Gasteiger charge is 2.14. The highest BCUT2D eigenvalue weighted by atomic mass is 15.3. The van der Waals surface area contributed by atoms with Crippen molar-refractivity contribution in [2.24, 2.45) is 7.05 Å². The molecule has 4 heteroatoms. The van der Waals surface area contributed by atoms with Gasteiger partial charge in [0, 0.05) is 13.1 Å². The molecule has 0 radical (unpaired) electrons. The standard InChI is InChI=1S/C16H24N4/c1-5-6-14-7-9-15(10-8-14)12(2)18-13(3)16-19-17-11-20(16)4/h7-13,18H,5-6H2,1-4H3. The first-order chi connectivity index (χ1) is 9.61. The van der Waals surface area contributed by atoms with Crippen LogP contribution in [0.2, 0.25) is 0 Å². The molecule has 0 aliphatic carbocycles. The van der Waals surface area contributed by atoms with E-state index >= 15 is 0 Å². The molecule has 1 heterocycles. The summed E-state index contributed by atoms with van der Waals surface area (Å²) in [5, 5.41) is 11.6. The van der Waals surface area contributed by atoms with Crippen molar-refractivity contribution in [2.45, 2.75) is 45.7 Å². The van der Waals surface area contributed by atoms with E-state index in [1.165, 1.54) is 17.5 Å². The molecule has 20 heavy (non-hydrogen) atoms. The van der Waals surface area contributed by atoms with Gasteiger partial charge in [-0.2, -0.15) is 0 Å². The zero-order chi connectivity index (χ0) is 14.5. The number of aryl methyl sites for hydroxylation is 2. The predicted molar refractivity (Wildman–Crippen MR) is 81.4 cm³/mol. The second kappa shape index (κ2) is 6.66. The van der Waals surface area contributed by atoms with Gasteiger partial charge in [0.1, 0.15) is 12.2 Å². The quantitative estimate of drug-likeness (QED) is 0.878. The number of hydrogen-bond donors (Lipinski definition) is 1. The van der Waals surface area contributed by atoms with Crippen LogP contribution in [0.5, 0.6) is 0 Å². The van der Waals surface area contributed by atoms with Gasteiger partial charge in [-0.15, -0.1) is 10.2 Å². The van der Waals surface area contributed by atoms with Crippen molar-refractivity contribution in [3.8, 4) is 0 Å². The SMILES string of the molecule is CCCc1ccc(C(C)NC(C)c2nncn2C)cc1. The maximum atomic E-state index is 4.15. The lowest BCUT2D eigenvalue weighted by molar-refractivity contribution is 0.466. The fraction of sp³-hybridized carbons (Fsp3) is 0.500. The van der Waals surface area contributed by atoms with Crippen LogP contribution >= 0.6 is 0 Å². The van der Waals surface area contributed by atoms with Crippen molar-refractivity contribution < 1.29 is 0 Å². The highest BCUT2D eigenvalue weighted by molar-refractivity contribution is 5.25. The summed E-state index contributed by atoms with van der Waals surface area (Å²) in [7, 11) is 1.97. The van der Waals surface area contributed by atoms with E-state index in [9.17, 15) is 0 Å². The summed E-state index contributed by atoms with van der Waals surface area (Å²) >= 11 is 0. The van der Waals surface area contributed by atoms with Crippen LogP contribution in [0.1, 0.15) is 56.2 Å². The molecule has 0 aliphatic heterocycles. The van der Waals surface area contributed by atoms with E-state index in [4.69, 9.17) is 0 Å². The Morgan fingerprint density at radius 3 is 2.40 bits per heavy atom. The molecule has 0 saturated carbocycles. The zero-order valence-electron chi connectivity index (χ0n) is 12.8. The molecule has 108 valence electrons. The minimum absolute atomic E-state index is 0.174. The van der Waals surface area contributed by atoms with Gasteiger partial charge in [0.05, 0.1) is 6.04 Å². The fourth-order valence-electron chi connectivity index (χ4n) is 2.49. The summed E-state index contributed by atoms with van der Waals surface area (Å²) in [5.74, 6) is 0.958. The first-order valence-corrected chi connectivity index (χ1v) is 7.30. The van der Waals surface area contributed by atoms with Gasteiger partial charge in [-0.25, -0.2) is 0 Å². The molecule has 2 rings (SSSR count). The summed E-state index contributed by atoms with van der Waals surface area (Å²) < 4.78 is 1.95. The van der Waals surface area contributed by atoms with Crippen molar-refractivity contribution >= 4 is 0 Å². The molecular formula is C16H24N4. The first kappa shape index (κ1) is 14.7. The largest absolute Gasteiger partial charge is 0.319 e. The summed E-state index contributed by atoms with van der Waals surface area (Å²) in [4.78, 5) is 0. The molecule has 1 aromatic heterocycles. The lowest BCUT2D eigenvalue weighted by Crippen LogP contribution is -2.24. The minimum atomic E-state index is 0.174. The maximum Gasteiger partial charge on any atom is 0.149 e. The van der Waals surface area contributed by atoms with Crippen LogP contribution in [0.4, 0.5) is 0 Å². The number of nitrogens with one attached hydrogen (secondary N) is 1. The van der Waals surface area contributed by atoms with Gasteiger partial charge >= 0.3 is 0 Å². The van der Waals surface area contributed by atoms with Crippen molar-refractivity contribution in [2.75, 3.05) is 0 Å². The van der Waals surface area contributed by atoms with E-state index in [1.807, 2.05) is 11.6 Å². The van der Waals surface area contributed by atoms with Crippen molar-refractivity contribution in [3.63, 3.8) is 0 Å². The molecular weight excluding hydrogens is 248 g/mol. The van der Waals surface area contributed by atoms with E-state index in [-0.39, 0.29) is 12.1 Å². The Labute approximate surface area is 121 Å². The van der Waals surface area contributed by atoms with Crippen LogP contribution in [-0.2, 0) is 13.5 Å². The van der Waals surface area contributed by atoms with Crippen molar-refractivity contribution in [1.29, 1.82) is 0 Å².